The molecule has 2 rings (SSSR count). The number of nitrogens with one attached hydrogen (secondary N) is 1. The van der Waals surface area contributed by atoms with E-state index in [4.69, 9.17) is 16.3 Å². The van der Waals surface area contributed by atoms with Gasteiger partial charge >= 0.3 is 0 Å². The van der Waals surface area contributed by atoms with Gasteiger partial charge in [-0.05, 0) is 54.8 Å². The molecule has 4 nitrogen and oxygen atoms in total. The predicted octanol–water partition coefficient (Wildman–Crippen LogP) is 4.53. The number of nitrogens with zero attached hydrogens (tertiary/aromatic N) is 1. The van der Waals surface area contributed by atoms with Gasteiger partial charge in [-0.1, -0.05) is 37.6 Å². The van der Waals surface area contributed by atoms with E-state index in [0.717, 1.165) is 11.3 Å². The van der Waals surface area contributed by atoms with E-state index in [1.54, 1.807) is 36.4 Å². The highest BCUT2D eigenvalue weighted by molar-refractivity contribution is 6.30. The third-order valence-electron chi connectivity index (χ3n) is 3.29. The van der Waals surface area contributed by atoms with Crippen molar-refractivity contribution in [2.24, 2.45) is 11.0 Å². The number of hydrogen-bond donors (Lipinski definition) is 1. The summed E-state index contributed by atoms with van der Waals surface area (Å²) in [6.45, 7) is 6.65. The van der Waals surface area contributed by atoms with Gasteiger partial charge in [-0.25, -0.2) is 5.43 Å². The summed E-state index contributed by atoms with van der Waals surface area (Å²) >= 11 is 5.86. The monoisotopic (exact) mass is 344 g/mol. The number of halogens is 1. The Bertz CT molecular complexity index is 707. The molecule has 0 saturated carbocycles. The fourth-order valence-electron chi connectivity index (χ4n) is 1.92. The van der Waals surface area contributed by atoms with Crippen molar-refractivity contribution >= 4 is 23.2 Å². The van der Waals surface area contributed by atoms with Gasteiger partial charge < -0.3 is 4.74 Å². The molecule has 0 bridgehead atoms. The summed E-state index contributed by atoms with van der Waals surface area (Å²) in [5.41, 5.74) is 4.69. The summed E-state index contributed by atoms with van der Waals surface area (Å²) in [6, 6.07) is 14.3. The van der Waals surface area contributed by atoms with E-state index in [-0.39, 0.29) is 5.91 Å². The molecule has 0 atom stereocenters. The zero-order valence-electron chi connectivity index (χ0n) is 14.0. The van der Waals surface area contributed by atoms with Crippen LogP contribution in [0.2, 0.25) is 5.02 Å². The summed E-state index contributed by atoms with van der Waals surface area (Å²) in [4.78, 5) is 12.1. The summed E-state index contributed by atoms with van der Waals surface area (Å²) in [5.74, 6) is 0.943. The third kappa shape index (κ3) is 5.39. The van der Waals surface area contributed by atoms with Crippen molar-refractivity contribution in [2.45, 2.75) is 20.8 Å². The second-order valence-corrected chi connectivity index (χ2v) is 6.31. The van der Waals surface area contributed by atoms with E-state index in [1.165, 1.54) is 0 Å². The van der Waals surface area contributed by atoms with E-state index in [0.29, 0.717) is 28.8 Å². The number of hydrogen-bond acceptors (Lipinski definition) is 3. The van der Waals surface area contributed by atoms with Crippen molar-refractivity contribution in [2.75, 3.05) is 6.61 Å². The SMILES string of the molecule is C/C(=N\NC(=O)c1ccc(OCC(C)C)cc1)c1ccc(Cl)cc1. The van der Waals surface area contributed by atoms with E-state index < -0.39 is 0 Å². The van der Waals surface area contributed by atoms with E-state index in [2.05, 4.69) is 24.4 Å². The Balaban J connectivity index is 1.96. The van der Waals surface area contributed by atoms with Crippen molar-refractivity contribution in [3.63, 3.8) is 0 Å². The molecule has 24 heavy (non-hydrogen) atoms. The molecule has 0 aliphatic heterocycles. The van der Waals surface area contributed by atoms with Crippen molar-refractivity contribution in [1.29, 1.82) is 0 Å². The Morgan fingerprint density at radius 3 is 2.25 bits per heavy atom. The van der Waals surface area contributed by atoms with Crippen LogP contribution in [-0.2, 0) is 0 Å². The minimum absolute atomic E-state index is 0.265. The topological polar surface area (TPSA) is 50.7 Å². The second-order valence-electron chi connectivity index (χ2n) is 5.87. The first kappa shape index (κ1) is 18.0. The zero-order valence-corrected chi connectivity index (χ0v) is 14.8. The number of carbonyl (C=O) groups is 1. The molecule has 0 spiro atoms. The van der Waals surface area contributed by atoms with E-state index in [1.807, 2.05) is 19.1 Å². The molecule has 0 aliphatic rings. The maximum atomic E-state index is 12.1. The molecule has 0 aliphatic carbocycles. The molecule has 5 heteroatoms. The Morgan fingerprint density at radius 1 is 1.08 bits per heavy atom. The Kier molecular flexibility index (Phi) is 6.38. The van der Waals surface area contributed by atoms with Crippen LogP contribution in [0.4, 0.5) is 0 Å². The molecule has 0 fully saturated rings. The number of hydrazone groups is 1. The van der Waals surface area contributed by atoms with Crippen LogP contribution in [0.3, 0.4) is 0 Å². The van der Waals surface area contributed by atoms with Crippen LogP contribution in [0.15, 0.2) is 53.6 Å². The molecule has 2 aromatic rings. The number of ether oxygens (including phenoxy) is 1. The average molecular weight is 345 g/mol. The number of carbonyl (C=O) groups excluding carboxylic acids is 1. The van der Waals surface area contributed by atoms with Crippen LogP contribution in [0.25, 0.3) is 0 Å². The first-order chi connectivity index (χ1) is 11.5. The van der Waals surface area contributed by atoms with Crippen molar-refractivity contribution in [1.82, 2.24) is 5.43 Å². The molecule has 1 N–H and O–H groups in total. The van der Waals surface area contributed by atoms with Crippen LogP contribution >= 0.6 is 11.6 Å². The van der Waals surface area contributed by atoms with Crippen molar-refractivity contribution in [3.05, 3.63) is 64.7 Å². The maximum absolute atomic E-state index is 12.1. The molecule has 2 aromatic carbocycles. The number of rotatable bonds is 6. The standard InChI is InChI=1S/C19H21ClN2O2/c1-13(2)12-24-18-10-6-16(7-11-18)19(23)22-21-14(3)15-4-8-17(20)9-5-15/h4-11,13H,12H2,1-3H3,(H,22,23)/b21-14+. The lowest BCUT2D eigenvalue weighted by molar-refractivity contribution is 0.0955. The first-order valence-electron chi connectivity index (χ1n) is 7.79. The smallest absolute Gasteiger partial charge is 0.271 e. The highest BCUT2D eigenvalue weighted by Gasteiger charge is 2.06. The van der Waals surface area contributed by atoms with Crippen LogP contribution in [-0.4, -0.2) is 18.2 Å². The van der Waals surface area contributed by atoms with Crippen LogP contribution in [0.5, 0.6) is 5.75 Å². The Hall–Kier alpha value is -2.33. The Labute approximate surface area is 147 Å². The fraction of sp³-hybridized carbons (Fsp3) is 0.263. The highest BCUT2D eigenvalue weighted by Crippen LogP contribution is 2.13. The predicted molar refractivity (Wildman–Crippen MR) is 97.9 cm³/mol. The normalized spacial score (nSPS) is 11.5. The van der Waals surface area contributed by atoms with Gasteiger partial charge in [0.2, 0.25) is 0 Å². The van der Waals surface area contributed by atoms with Gasteiger partial charge in [-0.15, -0.1) is 0 Å². The van der Waals surface area contributed by atoms with Crippen molar-refractivity contribution < 1.29 is 9.53 Å². The fourth-order valence-corrected chi connectivity index (χ4v) is 2.05. The van der Waals surface area contributed by atoms with E-state index in [9.17, 15) is 4.79 Å². The van der Waals surface area contributed by atoms with E-state index >= 15 is 0 Å². The van der Waals surface area contributed by atoms with Gasteiger partial charge in [0.1, 0.15) is 5.75 Å². The molecule has 0 aromatic heterocycles. The number of benzene rings is 2. The summed E-state index contributed by atoms with van der Waals surface area (Å²) in [6.07, 6.45) is 0. The zero-order chi connectivity index (χ0) is 17.5. The van der Waals surface area contributed by atoms with Crippen LogP contribution in [0, 0.1) is 5.92 Å². The molecular weight excluding hydrogens is 324 g/mol. The molecular formula is C19H21ClN2O2. The van der Waals surface area contributed by atoms with Gasteiger partial charge in [0.25, 0.3) is 5.91 Å². The lowest BCUT2D eigenvalue weighted by atomic mass is 10.1. The summed E-state index contributed by atoms with van der Waals surface area (Å²) in [5, 5.41) is 4.79. The van der Waals surface area contributed by atoms with Crippen molar-refractivity contribution in [3.8, 4) is 5.75 Å². The van der Waals surface area contributed by atoms with Crippen LogP contribution < -0.4 is 10.2 Å². The van der Waals surface area contributed by atoms with Crippen LogP contribution in [0.1, 0.15) is 36.7 Å². The third-order valence-corrected chi connectivity index (χ3v) is 3.54. The molecule has 1 amide bonds. The van der Waals surface area contributed by atoms with Gasteiger partial charge in [0.05, 0.1) is 12.3 Å². The number of amides is 1. The molecule has 0 saturated heterocycles. The molecule has 0 heterocycles. The lowest BCUT2D eigenvalue weighted by Crippen LogP contribution is -2.19. The Morgan fingerprint density at radius 2 is 1.67 bits per heavy atom. The average Bonchev–Trinajstić information content (AvgIpc) is 2.58. The molecule has 0 radical (unpaired) electrons. The van der Waals surface area contributed by atoms with Gasteiger partial charge in [-0.2, -0.15) is 5.10 Å². The van der Waals surface area contributed by atoms with Gasteiger partial charge in [0.15, 0.2) is 0 Å². The largest absolute Gasteiger partial charge is 0.493 e. The minimum atomic E-state index is -0.265. The summed E-state index contributed by atoms with van der Waals surface area (Å²) in [7, 11) is 0. The second kappa shape index (κ2) is 8.50. The summed E-state index contributed by atoms with van der Waals surface area (Å²) < 4.78 is 5.60. The maximum Gasteiger partial charge on any atom is 0.271 e. The minimum Gasteiger partial charge on any atom is -0.493 e. The molecule has 0 unspecified atom stereocenters. The first-order valence-corrected chi connectivity index (χ1v) is 8.17. The highest BCUT2D eigenvalue weighted by atomic mass is 35.5. The van der Waals surface area contributed by atoms with Gasteiger partial charge in [0, 0.05) is 10.6 Å². The molecule has 126 valence electrons. The lowest BCUT2D eigenvalue weighted by Gasteiger charge is -2.09. The van der Waals surface area contributed by atoms with Gasteiger partial charge in [-0.3, -0.25) is 4.79 Å². The quantitative estimate of drug-likeness (QED) is 0.618.